The number of carbonyl (C=O) groups excluding carboxylic acids is 2. The molecule has 0 spiro atoms. The highest BCUT2D eigenvalue weighted by atomic mass is 31.2. The molecule has 35 heavy (non-hydrogen) atoms. The van der Waals surface area contributed by atoms with E-state index in [-0.39, 0.29) is 30.8 Å². The summed E-state index contributed by atoms with van der Waals surface area (Å²) in [6.07, 6.45) is 13.2. The number of nitrogens with one attached hydrogen (secondary N) is 1. The largest absolute Gasteiger partial charge is 0.462 e. The van der Waals surface area contributed by atoms with E-state index in [1.807, 2.05) is 0 Å². The van der Waals surface area contributed by atoms with Crippen LogP contribution in [0.4, 0.5) is 0 Å². The number of rotatable bonds is 19. The molecule has 1 N–H and O–H groups in total. The predicted octanol–water partition coefficient (Wildman–Crippen LogP) is 4.18. The Bertz CT molecular complexity index is 578. The number of carbonyl (C=O) groups is 2. The summed E-state index contributed by atoms with van der Waals surface area (Å²) in [6, 6.07) is 0. The van der Waals surface area contributed by atoms with Gasteiger partial charge >= 0.3 is 5.97 Å². The molecule has 1 heterocycles. The lowest BCUT2D eigenvalue weighted by atomic mass is 9.60. The lowest BCUT2D eigenvalue weighted by Gasteiger charge is -2.28. The Morgan fingerprint density at radius 3 is 2.09 bits per heavy atom. The van der Waals surface area contributed by atoms with Crippen LogP contribution in [-0.2, 0) is 28.5 Å². The molecular formula is C26H49BNO6P+. The fourth-order valence-electron chi connectivity index (χ4n) is 4.59. The van der Waals surface area contributed by atoms with Crippen LogP contribution in [0.5, 0.6) is 0 Å². The highest BCUT2D eigenvalue weighted by molar-refractivity contribution is 7.74. The fourth-order valence-corrected chi connectivity index (χ4v) is 6.78. The zero-order valence-electron chi connectivity index (χ0n) is 22.3. The first-order chi connectivity index (χ1) is 16.9. The van der Waals surface area contributed by atoms with Crippen LogP contribution in [0.15, 0.2) is 0 Å². The number of ether oxygens (including phenoxy) is 4. The summed E-state index contributed by atoms with van der Waals surface area (Å²) in [5.41, 5.74) is 0. The maximum Gasteiger partial charge on any atom is 0.306 e. The van der Waals surface area contributed by atoms with Gasteiger partial charge in [-0.05, 0) is 12.8 Å². The summed E-state index contributed by atoms with van der Waals surface area (Å²) in [5, 5.41) is 2.84. The van der Waals surface area contributed by atoms with Crippen molar-refractivity contribution < 1.29 is 28.5 Å². The first kappa shape index (κ1) is 30.5. The molecular weight excluding hydrogens is 464 g/mol. The predicted molar refractivity (Wildman–Crippen MR) is 144 cm³/mol. The highest BCUT2D eigenvalue weighted by Crippen LogP contribution is 2.55. The van der Waals surface area contributed by atoms with Gasteiger partial charge in [-0.15, -0.1) is 0 Å². The van der Waals surface area contributed by atoms with E-state index in [0.29, 0.717) is 39.6 Å². The summed E-state index contributed by atoms with van der Waals surface area (Å²) in [7, 11) is 1.71. The van der Waals surface area contributed by atoms with Crippen molar-refractivity contribution in [3.8, 4) is 0 Å². The molecule has 2 aliphatic rings. The van der Waals surface area contributed by atoms with Crippen molar-refractivity contribution in [3.63, 3.8) is 0 Å². The van der Waals surface area contributed by atoms with Crippen molar-refractivity contribution in [3.05, 3.63) is 0 Å². The molecule has 0 aromatic rings. The van der Waals surface area contributed by atoms with Gasteiger partial charge in [0, 0.05) is 59.6 Å². The monoisotopic (exact) mass is 513 g/mol. The molecule has 1 radical (unpaired) electrons. The minimum absolute atomic E-state index is 0.0435. The van der Waals surface area contributed by atoms with Crippen LogP contribution < -0.4 is 5.32 Å². The average Bonchev–Trinajstić information content (AvgIpc) is 3.35. The molecule has 0 unspecified atom stereocenters. The van der Waals surface area contributed by atoms with E-state index in [4.69, 9.17) is 18.9 Å². The number of amides is 1. The third-order valence-corrected chi connectivity index (χ3v) is 9.83. The highest BCUT2D eigenvalue weighted by Gasteiger charge is 2.34. The van der Waals surface area contributed by atoms with Gasteiger partial charge in [-0.25, -0.2) is 0 Å². The maximum atomic E-state index is 12.0. The van der Waals surface area contributed by atoms with Crippen molar-refractivity contribution in [1.82, 2.24) is 5.32 Å². The van der Waals surface area contributed by atoms with E-state index in [9.17, 15) is 9.59 Å². The second-order valence-corrected chi connectivity index (χ2v) is 15.3. The second kappa shape index (κ2) is 18.5. The third-order valence-electron chi connectivity index (χ3n) is 6.89. The van der Waals surface area contributed by atoms with Crippen LogP contribution in [0.2, 0.25) is 12.1 Å². The Hall–Kier alpha value is -0.685. The van der Waals surface area contributed by atoms with Gasteiger partial charge in [-0.1, -0.05) is 37.8 Å². The summed E-state index contributed by atoms with van der Waals surface area (Å²) in [6.45, 7) is 8.95. The van der Waals surface area contributed by atoms with Gasteiger partial charge in [-0.2, -0.15) is 0 Å². The van der Waals surface area contributed by atoms with Gasteiger partial charge in [-0.3, -0.25) is 9.59 Å². The van der Waals surface area contributed by atoms with E-state index in [1.54, 1.807) is 0 Å². The van der Waals surface area contributed by atoms with E-state index in [1.165, 1.54) is 38.0 Å². The van der Waals surface area contributed by atoms with E-state index in [0.717, 1.165) is 44.4 Å². The van der Waals surface area contributed by atoms with Gasteiger partial charge in [0.1, 0.15) is 13.4 Å². The number of hydrogen-bond donors (Lipinski definition) is 1. The molecule has 0 aromatic carbocycles. The summed E-state index contributed by atoms with van der Waals surface area (Å²) >= 11 is 0. The molecule has 1 aliphatic carbocycles. The molecule has 7 nitrogen and oxygen atoms in total. The zero-order valence-corrected chi connectivity index (χ0v) is 23.2. The maximum absolute atomic E-state index is 12.0. The topological polar surface area (TPSA) is 83.1 Å². The molecule has 9 heteroatoms. The first-order valence-corrected chi connectivity index (χ1v) is 16.8. The Kier molecular flexibility index (Phi) is 16.2. The quantitative estimate of drug-likeness (QED) is 0.121. The Labute approximate surface area is 214 Å². The minimum atomic E-state index is -0.764. The Morgan fingerprint density at radius 1 is 0.829 bits per heavy atom. The van der Waals surface area contributed by atoms with E-state index < -0.39 is 7.26 Å². The number of hydrogen-bond acceptors (Lipinski definition) is 6. The molecule has 201 valence electrons. The van der Waals surface area contributed by atoms with Crippen LogP contribution in [0.3, 0.4) is 0 Å². The lowest BCUT2D eigenvalue weighted by molar-refractivity contribution is -0.150. The molecule has 2 fully saturated rings. The second-order valence-electron chi connectivity index (χ2n) is 10.5. The van der Waals surface area contributed by atoms with Gasteiger partial charge in [0.15, 0.2) is 0 Å². The fraction of sp³-hybridized carbons (Fsp3) is 0.923. The summed E-state index contributed by atoms with van der Waals surface area (Å²) in [5.74, 6) is 0.484. The van der Waals surface area contributed by atoms with E-state index >= 15 is 0 Å². The number of esters is 1. The van der Waals surface area contributed by atoms with Gasteiger partial charge < -0.3 is 24.3 Å². The Balaban J connectivity index is 1.27. The van der Waals surface area contributed by atoms with Crippen LogP contribution in [-0.4, -0.2) is 97.1 Å². The SMILES string of the molecule is C[P+]1(C)CCC(OC(=O)CCC(=O)NCCCOCCOCCOCCC[B]C2CCCC2)CC1. The summed E-state index contributed by atoms with van der Waals surface area (Å²) in [4.78, 5) is 23.9. The Morgan fingerprint density at radius 2 is 1.43 bits per heavy atom. The standard InChI is InChI=1S/C26H48BNO6P/c1-35(2)21-11-24(12-22-35)34-26(30)10-9-25(29)28-14-6-16-32-18-20-33-19-17-31-15-5-13-27-23-7-3-4-8-23/h23-24H,3-22H2,1-2H3/p+1. The van der Waals surface area contributed by atoms with Gasteiger partial charge in [0.2, 0.25) is 5.91 Å². The van der Waals surface area contributed by atoms with Gasteiger partial charge in [0.25, 0.3) is 0 Å². The normalized spacial score (nSPS) is 18.5. The van der Waals surface area contributed by atoms with Crippen LogP contribution in [0.1, 0.15) is 64.2 Å². The van der Waals surface area contributed by atoms with Crippen LogP contribution in [0.25, 0.3) is 0 Å². The average molecular weight is 513 g/mol. The first-order valence-electron chi connectivity index (χ1n) is 13.8. The summed E-state index contributed by atoms with van der Waals surface area (Å²) < 4.78 is 22.2. The molecule has 2 rings (SSSR count). The smallest absolute Gasteiger partial charge is 0.306 e. The molecule has 0 bridgehead atoms. The van der Waals surface area contributed by atoms with E-state index in [2.05, 4.69) is 25.9 Å². The van der Waals surface area contributed by atoms with Crippen molar-refractivity contribution in [2.24, 2.45) is 0 Å². The zero-order chi connectivity index (χ0) is 25.2. The van der Waals surface area contributed by atoms with Crippen LogP contribution in [0, 0.1) is 0 Å². The molecule has 1 aliphatic heterocycles. The van der Waals surface area contributed by atoms with Crippen molar-refractivity contribution in [2.75, 3.05) is 71.8 Å². The molecule has 1 saturated carbocycles. The lowest BCUT2D eigenvalue weighted by Crippen LogP contribution is -2.28. The van der Waals surface area contributed by atoms with Gasteiger partial charge in [0.05, 0.1) is 45.2 Å². The van der Waals surface area contributed by atoms with Crippen LogP contribution >= 0.6 is 7.26 Å². The van der Waals surface area contributed by atoms with Crippen molar-refractivity contribution in [1.29, 1.82) is 0 Å². The van der Waals surface area contributed by atoms with Crippen molar-refractivity contribution in [2.45, 2.75) is 82.4 Å². The molecule has 1 saturated heterocycles. The molecule has 0 aromatic heterocycles. The third kappa shape index (κ3) is 15.9. The van der Waals surface area contributed by atoms with Crippen molar-refractivity contribution >= 4 is 26.4 Å². The molecule has 1 amide bonds. The minimum Gasteiger partial charge on any atom is -0.462 e. The molecule has 0 atom stereocenters.